The SMILES string of the molecule is COc1ccc(CCN[C@H](C)C2CCCC2)cc1. The molecule has 1 N–H and O–H groups in total. The summed E-state index contributed by atoms with van der Waals surface area (Å²) in [5.41, 5.74) is 1.38. The molecule has 1 aliphatic rings. The standard InChI is InChI=1S/C16H25NO/c1-13(15-5-3-4-6-15)17-12-11-14-7-9-16(18-2)10-8-14/h7-10,13,15,17H,3-6,11-12H2,1-2H3/t13-/m1/s1. The van der Waals surface area contributed by atoms with E-state index in [-0.39, 0.29) is 0 Å². The second-order valence-electron chi connectivity index (χ2n) is 5.39. The number of nitrogens with one attached hydrogen (secondary N) is 1. The van der Waals surface area contributed by atoms with Crippen molar-refractivity contribution in [2.24, 2.45) is 5.92 Å². The largest absolute Gasteiger partial charge is 0.497 e. The molecule has 1 atom stereocenters. The quantitative estimate of drug-likeness (QED) is 0.832. The second-order valence-corrected chi connectivity index (χ2v) is 5.39. The lowest BCUT2D eigenvalue weighted by molar-refractivity contribution is 0.384. The van der Waals surface area contributed by atoms with Crippen LogP contribution in [0.4, 0.5) is 0 Å². The lowest BCUT2D eigenvalue weighted by Gasteiger charge is -2.20. The highest BCUT2D eigenvalue weighted by atomic mass is 16.5. The Hall–Kier alpha value is -1.02. The summed E-state index contributed by atoms with van der Waals surface area (Å²) in [4.78, 5) is 0. The Morgan fingerprint density at radius 2 is 1.89 bits per heavy atom. The molecule has 0 aliphatic heterocycles. The van der Waals surface area contributed by atoms with E-state index in [1.165, 1.54) is 31.2 Å². The molecule has 0 radical (unpaired) electrons. The minimum atomic E-state index is 0.672. The fraction of sp³-hybridized carbons (Fsp3) is 0.625. The maximum Gasteiger partial charge on any atom is 0.118 e. The van der Waals surface area contributed by atoms with E-state index in [0.29, 0.717) is 6.04 Å². The van der Waals surface area contributed by atoms with Crippen molar-refractivity contribution in [1.29, 1.82) is 0 Å². The van der Waals surface area contributed by atoms with Crippen molar-refractivity contribution in [2.45, 2.75) is 45.1 Å². The maximum atomic E-state index is 5.16. The summed E-state index contributed by atoms with van der Waals surface area (Å²) < 4.78 is 5.16. The van der Waals surface area contributed by atoms with Crippen LogP contribution in [0.15, 0.2) is 24.3 Å². The van der Waals surface area contributed by atoms with Gasteiger partial charge in [-0.05, 0) is 56.3 Å². The fourth-order valence-corrected chi connectivity index (χ4v) is 2.86. The number of benzene rings is 1. The van der Waals surface area contributed by atoms with Crippen LogP contribution in [0.2, 0.25) is 0 Å². The van der Waals surface area contributed by atoms with Crippen LogP contribution in [0.1, 0.15) is 38.2 Å². The Balaban J connectivity index is 1.70. The van der Waals surface area contributed by atoms with Gasteiger partial charge in [0.15, 0.2) is 0 Å². The third-order valence-electron chi connectivity index (χ3n) is 4.15. The van der Waals surface area contributed by atoms with Crippen LogP contribution >= 0.6 is 0 Å². The zero-order chi connectivity index (χ0) is 12.8. The molecule has 1 fully saturated rings. The van der Waals surface area contributed by atoms with Crippen LogP contribution < -0.4 is 10.1 Å². The number of ether oxygens (including phenoxy) is 1. The molecular formula is C16H25NO. The fourth-order valence-electron chi connectivity index (χ4n) is 2.86. The molecule has 1 aromatic rings. The van der Waals surface area contributed by atoms with Gasteiger partial charge in [-0.1, -0.05) is 25.0 Å². The molecule has 0 spiro atoms. The van der Waals surface area contributed by atoms with E-state index in [9.17, 15) is 0 Å². The van der Waals surface area contributed by atoms with Crippen LogP contribution in [0, 0.1) is 5.92 Å². The molecule has 0 aromatic heterocycles. The topological polar surface area (TPSA) is 21.3 Å². The van der Waals surface area contributed by atoms with Gasteiger partial charge >= 0.3 is 0 Å². The minimum Gasteiger partial charge on any atom is -0.497 e. The van der Waals surface area contributed by atoms with Crippen molar-refractivity contribution < 1.29 is 4.74 Å². The van der Waals surface area contributed by atoms with Gasteiger partial charge in [-0.25, -0.2) is 0 Å². The molecular weight excluding hydrogens is 222 g/mol. The van der Waals surface area contributed by atoms with Gasteiger partial charge in [-0.2, -0.15) is 0 Å². The Labute approximate surface area is 111 Å². The molecule has 2 nitrogen and oxygen atoms in total. The maximum absolute atomic E-state index is 5.16. The minimum absolute atomic E-state index is 0.672. The van der Waals surface area contributed by atoms with Crippen LogP contribution in [0.5, 0.6) is 5.75 Å². The Kier molecular flexibility index (Phi) is 5.06. The molecule has 0 heterocycles. The lowest BCUT2D eigenvalue weighted by Crippen LogP contribution is -2.33. The van der Waals surface area contributed by atoms with Crippen molar-refractivity contribution in [3.8, 4) is 5.75 Å². The van der Waals surface area contributed by atoms with E-state index in [4.69, 9.17) is 4.74 Å². The van der Waals surface area contributed by atoms with Crippen LogP contribution in [-0.4, -0.2) is 19.7 Å². The average Bonchev–Trinajstić information content (AvgIpc) is 2.93. The number of hydrogen-bond acceptors (Lipinski definition) is 2. The van der Waals surface area contributed by atoms with E-state index < -0.39 is 0 Å². The molecule has 2 heteroatoms. The van der Waals surface area contributed by atoms with Crippen molar-refractivity contribution in [3.63, 3.8) is 0 Å². The third-order valence-corrected chi connectivity index (χ3v) is 4.15. The lowest BCUT2D eigenvalue weighted by atomic mass is 9.99. The van der Waals surface area contributed by atoms with Gasteiger partial charge in [-0.3, -0.25) is 0 Å². The van der Waals surface area contributed by atoms with E-state index >= 15 is 0 Å². The predicted octanol–water partition coefficient (Wildman–Crippen LogP) is 3.41. The first-order valence-electron chi connectivity index (χ1n) is 7.16. The van der Waals surface area contributed by atoms with Crippen LogP contribution in [0.3, 0.4) is 0 Å². The summed E-state index contributed by atoms with van der Waals surface area (Å²) in [6.07, 6.45) is 6.78. The summed E-state index contributed by atoms with van der Waals surface area (Å²) in [6, 6.07) is 9.05. The second kappa shape index (κ2) is 6.79. The first-order valence-corrected chi connectivity index (χ1v) is 7.16. The number of rotatable bonds is 6. The first-order chi connectivity index (χ1) is 8.79. The molecule has 100 valence electrons. The van der Waals surface area contributed by atoms with Crippen LogP contribution in [-0.2, 0) is 6.42 Å². The molecule has 1 aromatic carbocycles. The highest BCUT2D eigenvalue weighted by Crippen LogP contribution is 2.27. The van der Waals surface area contributed by atoms with Gasteiger partial charge in [-0.15, -0.1) is 0 Å². The van der Waals surface area contributed by atoms with E-state index in [1.807, 2.05) is 12.1 Å². The van der Waals surface area contributed by atoms with Gasteiger partial charge in [0.05, 0.1) is 7.11 Å². The number of methoxy groups -OCH3 is 1. The van der Waals surface area contributed by atoms with E-state index in [1.54, 1.807) is 7.11 Å². The summed E-state index contributed by atoms with van der Waals surface area (Å²) in [6.45, 7) is 3.41. The highest BCUT2D eigenvalue weighted by Gasteiger charge is 2.20. The summed E-state index contributed by atoms with van der Waals surface area (Å²) in [5.74, 6) is 1.84. The van der Waals surface area contributed by atoms with Crippen molar-refractivity contribution in [1.82, 2.24) is 5.32 Å². The molecule has 0 amide bonds. The Morgan fingerprint density at radius 3 is 2.50 bits per heavy atom. The van der Waals surface area contributed by atoms with Crippen molar-refractivity contribution in [2.75, 3.05) is 13.7 Å². The smallest absolute Gasteiger partial charge is 0.118 e. The van der Waals surface area contributed by atoms with Gasteiger partial charge < -0.3 is 10.1 Å². The zero-order valence-electron chi connectivity index (χ0n) is 11.6. The molecule has 0 bridgehead atoms. The molecule has 1 saturated carbocycles. The first kappa shape index (κ1) is 13.4. The van der Waals surface area contributed by atoms with Crippen LogP contribution in [0.25, 0.3) is 0 Å². The Bertz CT molecular complexity index is 341. The van der Waals surface area contributed by atoms with Gasteiger partial charge in [0.2, 0.25) is 0 Å². The Morgan fingerprint density at radius 1 is 1.22 bits per heavy atom. The van der Waals surface area contributed by atoms with Gasteiger partial charge in [0, 0.05) is 6.04 Å². The monoisotopic (exact) mass is 247 g/mol. The van der Waals surface area contributed by atoms with Gasteiger partial charge in [0.25, 0.3) is 0 Å². The van der Waals surface area contributed by atoms with Crippen molar-refractivity contribution >= 4 is 0 Å². The van der Waals surface area contributed by atoms with E-state index in [2.05, 4.69) is 24.4 Å². The summed E-state index contributed by atoms with van der Waals surface area (Å²) in [7, 11) is 1.71. The third kappa shape index (κ3) is 3.74. The summed E-state index contributed by atoms with van der Waals surface area (Å²) in [5, 5.41) is 3.67. The highest BCUT2D eigenvalue weighted by molar-refractivity contribution is 5.27. The molecule has 0 unspecified atom stereocenters. The number of hydrogen-bond donors (Lipinski definition) is 1. The molecule has 18 heavy (non-hydrogen) atoms. The van der Waals surface area contributed by atoms with Gasteiger partial charge in [0.1, 0.15) is 5.75 Å². The normalized spacial score (nSPS) is 17.9. The predicted molar refractivity (Wildman–Crippen MR) is 76.1 cm³/mol. The summed E-state index contributed by atoms with van der Waals surface area (Å²) >= 11 is 0. The zero-order valence-corrected chi connectivity index (χ0v) is 11.6. The molecule has 2 rings (SSSR count). The van der Waals surface area contributed by atoms with Crippen molar-refractivity contribution in [3.05, 3.63) is 29.8 Å². The average molecular weight is 247 g/mol. The molecule has 1 aliphatic carbocycles. The van der Waals surface area contributed by atoms with E-state index in [0.717, 1.165) is 24.6 Å². The molecule has 0 saturated heterocycles.